The highest BCUT2D eigenvalue weighted by molar-refractivity contribution is 14.1. The highest BCUT2D eigenvalue weighted by Crippen LogP contribution is 2.16. The second-order valence-electron chi connectivity index (χ2n) is 3.91. The number of aryl methyl sites for hydroxylation is 1. The fourth-order valence-electron chi connectivity index (χ4n) is 1.48. The van der Waals surface area contributed by atoms with Crippen LogP contribution in [0, 0.1) is 10.5 Å². The van der Waals surface area contributed by atoms with Gasteiger partial charge in [0.15, 0.2) is 0 Å². The third-order valence-electron chi connectivity index (χ3n) is 2.51. The lowest BCUT2D eigenvalue weighted by molar-refractivity contribution is 0.519. The van der Waals surface area contributed by atoms with Crippen molar-refractivity contribution in [2.24, 2.45) is 5.73 Å². The van der Waals surface area contributed by atoms with Gasteiger partial charge in [-0.3, -0.25) is 0 Å². The first-order valence-corrected chi connectivity index (χ1v) is 6.40. The third-order valence-corrected chi connectivity index (χ3v) is 4.06. The maximum atomic E-state index is 5.51. The van der Waals surface area contributed by atoms with Crippen molar-refractivity contribution in [3.05, 3.63) is 32.9 Å². The van der Waals surface area contributed by atoms with Gasteiger partial charge in [0.1, 0.15) is 0 Å². The lowest BCUT2D eigenvalue weighted by atomic mass is 10.1. The predicted molar refractivity (Wildman–Crippen MR) is 73.9 cm³/mol. The Morgan fingerprint density at radius 2 is 2.20 bits per heavy atom. The third kappa shape index (κ3) is 4.09. The number of benzene rings is 1. The minimum atomic E-state index is 0.492. The van der Waals surface area contributed by atoms with E-state index < -0.39 is 0 Å². The van der Waals surface area contributed by atoms with Gasteiger partial charge in [0.25, 0.3) is 0 Å². The summed E-state index contributed by atoms with van der Waals surface area (Å²) in [4.78, 5) is 0. The molecule has 0 aromatic heterocycles. The van der Waals surface area contributed by atoms with Gasteiger partial charge in [0, 0.05) is 16.2 Å². The molecule has 0 aliphatic heterocycles. The zero-order valence-corrected chi connectivity index (χ0v) is 11.5. The van der Waals surface area contributed by atoms with Crippen LogP contribution in [0.3, 0.4) is 0 Å². The Hall–Kier alpha value is -0.130. The van der Waals surface area contributed by atoms with Crippen LogP contribution >= 0.6 is 22.6 Å². The largest absolute Gasteiger partial charge is 0.330 e. The highest BCUT2D eigenvalue weighted by Gasteiger charge is 2.04. The fraction of sp³-hybridized carbons (Fsp3) is 0.500. The van der Waals surface area contributed by atoms with Crippen molar-refractivity contribution in [3.63, 3.8) is 0 Å². The van der Waals surface area contributed by atoms with E-state index in [1.807, 2.05) is 0 Å². The van der Waals surface area contributed by atoms with Crippen LogP contribution in [0.25, 0.3) is 0 Å². The van der Waals surface area contributed by atoms with Crippen LogP contribution in [0.2, 0.25) is 0 Å². The summed E-state index contributed by atoms with van der Waals surface area (Å²) < 4.78 is 1.36. The summed E-state index contributed by atoms with van der Waals surface area (Å²) in [5.74, 6) is 0. The number of halogens is 1. The van der Waals surface area contributed by atoms with Gasteiger partial charge in [-0.25, -0.2) is 0 Å². The Kier molecular flexibility index (Phi) is 5.56. The molecular weight excluding hydrogens is 299 g/mol. The zero-order valence-electron chi connectivity index (χ0n) is 9.39. The van der Waals surface area contributed by atoms with E-state index in [1.54, 1.807) is 0 Å². The predicted octanol–water partition coefficient (Wildman–Crippen LogP) is 2.43. The van der Waals surface area contributed by atoms with E-state index in [1.165, 1.54) is 14.7 Å². The summed E-state index contributed by atoms with van der Waals surface area (Å²) >= 11 is 2.41. The Morgan fingerprint density at radius 1 is 1.47 bits per heavy atom. The van der Waals surface area contributed by atoms with Gasteiger partial charge >= 0.3 is 0 Å². The molecule has 1 rings (SSSR count). The monoisotopic (exact) mass is 318 g/mol. The second-order valence-corrected chi connectivity index (χ2v) is 4.99. The molecule has 2 nitrogen and oxygen atoms in total. The van der Waals surface area contributed by atoms with Gasteiger partial charge in [-0.2, -0.15) is 0 Å². The molecule has 1 aromatic carbocycles. The Balaban J connectivity index is 2.54. The van der Waals surface area contributed by atoms with Crippen molar-refractivity contribution in [1.29, 1.82) is 0 Å². The molecule has 0 saturated carbocycles. The van der Waals surface area contributed by atoms with Crippen LogP contribution in [0.4, 0.5) is 0 Å². The molecule has 0 aliphatic carbocycles. The molecule has 0 aliphatic rings. The smallest absolute Gasteiger partial charge is 0.0218 e. The summed E-state index contributed by atoms with van der Waals surface area (Å²) in [5.41, 5.74) is 8.23. The maximum absolute atomic E-state index is 5.51. The summed E-state index contributed by atoms with van der Waals surface area (Å²) in [6.07, 6.45) is 1.03. The van der Waals surface area contributed by atoms with Crippen molar-refractivity contribution in [2.45, 2.75) is 32.9 Å². The van der Waals surface area contributed by atoms with Crippen LogP contribution in [-0.2, 0) is 6.54 Å². The average molecular weight is 318 g/mol. The number of hydrogen-bond donors (Lipinski definition) is 2. The number of rotatable bonds is 5. The van der Waals surface area contributed by atoms with E-state index in [9.17, 15) is 0 Å². The van der Waals surface area contributed by atoms with Crippen LogP contribution in [0.1, 0.15) is 24.5 Å². The zero-order chi connectivity index (χ0) is 11.3. The maximum Gasteiger partial charge on any atom is 0.0218 e. The standard InChI is InChI=1S/C12H19IN2/c1-9-4-3-5-11(12(9)13)8-15-10(2)6-7-14/h3-5,10,15H,6-8,14H2,1-2H3. The van der Waals surface area contributed by atoms with Crippen molar-refractivity contribution >= 4 is 22.6 Å². The molecule has 15 heavy (non-hydrogen) atoms. The minimum Gasteiger partial charge on any atom is -0.330 e. The topological polar surface area (TPSA) is 38.0 Å². The summed E-state index contributed by atoms with van der Waals surface area (Å²) in [6.45, 7) is 6.00. The molecule has 3 heteroatoms. The van der Waals surface area contributed by atoms with E-state index in [-0.39, 0.29) is 0 Å². The van der Waals surface area contributed by atoms with Crippen molar-refractivity contribution < 1.29 is 0 Å². The van der Waals surface area contributed by atoms with Crippen molar-refractivity contribution in [2.75, 3.05) is 6.54 Å². The van der Waals surface area contributed by atoms with Gasteiger partial charge in [-0.15, -0.1) is 0 Å². The van der Waals surface area contributed by atoms with Gasteiger partial charge < -0.3 is 11.1 Å². The van der Waals surface area contributed by atoms with E-state index >= 15 is 0 Å². The minimum absolute atomic E-state index is 0.492. The Bertz CT molecular complexity index is 312. The van der Waals surface area contributed by atoms with E-state index in [0.29, 0.717) is 6.04 Å². The van der Waals surface area contributed by atoms with Gasteiger partial charge in [0.05, 0.1) is 0 Å². The summed E-state index contributed by atoms with van der Waals surface area (Å²) in [6, 6.07) is 6.93. The molecule has 0 fully saturated rings. The van der Waals surface area contributed by atoms with Gasteiger partial charge in [-0.05, 0) is 60.5 Å². The molecule has 3 N–H and O–H groups in total. The first kappa shape index (κ1) is 12.9. The molecule has 0 bridgehead atoms. The van der Waals surface area contributed by atoms with Gasteiger partial charge in [-0.1, -0.05) is 18.2 Å². The van der Waals surface area contributed by atoms with E-state index in [2.05, 4.69) is 60.0 Å². The Morgan fingerprint density at radius 3 is 2.87 bits per heavy atom. The van der Waals surface area contributed by atoms with Crippen LogP contribution in [0.5, 0.6) is 0 Å². The quantitative estimate of drug-likeness (QED) is 0.819. The van der Waals surface area contributed by atoms with E-state index in [4.69, 9.17) is 5.73 Å². The van der Waals surface area contributed by atoms with Crippen LogP contribution in [-0.4, -0.2) is 12.6 Å². The molecule has 1 atom stereocenters. The van der Waals surface area contributed by atoms with Crippen LogP contribution in [0.15, 0.2) is 18.2 Å². The van der Waals surface area contributed by atoms with Crippen molar-refractivity contribution in [1.82, 2.24) is 5.32 Å². The van der Waals surface area contributed by atoms with Crippen molar-refractivity contribution in [3.8, 4) is 0 Å². The highest BCUT2D eigenvalue weighted by atomic mass is 127. The Labute approximate surface area is 106 Å². The second kappa shape index (κ2) is 6.45. The van der Waals surface area contributed by atoms with Gasteiger partial charge in [0.2, 0.25) is 0 Å². The molecule has 1 aromatic rings. The number of nitrogens with two attached hydrogens (primary N) is 1. The molecule has 84 valence electrons. The normalized spacial score (nSPS) is 12.8. The lowest BCUT2D eigenvalue weighted by Crippen LogP contribution is -2.28. The first-order valence-electron chi connectivity index (χ1n) is 5.32. The fourth-order valence-corrected chi connectivity index (χ4v) is 2.03. The SMILES string of the molecule is Cc1cccc(CNC(C)CCN)c1I. The summed E-state index contributed by atoms with van der Waals surface area (Å²) in [7, 11) is 0. The molecule has 0 amide bonds. The average Bonchev–Trinajstić information content (AvgIpc) is 2.21. The molecule has 0 spiro atoms. The van der Waals surface area contributed by atoms with E-state index in [0.717, 1.165) is 19.5 Å². The van der Waals surface area contributed by atoms with Crippen LogP contribution < -0.4 is 11.1 Å². The molecule has 0 heterocycles. The number of nitrogens with one attached hydrogen (secondary N) is 1. The molecule has 1 unspecified atom stereocenters. The molecule has 0 saturated heterocycles. The molecular formula is C12H19IN2. The summed E-state index contributed by atoms with van der Waals surface area (Å²) in [5, 5.41) is 3.48. The number of hydrogen-bond acceptors (Lipinski definition) is 2. The lowest BCUT2D eigenvalue weighted by Gasteiger charge is -2.14. The first-order chi connectivity index (χ1) is 7.15. The molecule has 0 radical (unpaired) electrons.